The van der Waals surface area contributed by atoms with Gasteiger partial charge >= 0.3 is 0 Å². The molecule has 0 radical (unpaired) electrons. The molecule has 1 saturated carbocycles. The molecule has 0 saturated heterocycles. The number of aryl methyl sites for hydroxylation is 1. The van der Waals surface area contributed by atoms with Gasteiger partial charge < -0.3 is 9.84 Å². The van der Waals surface area contributed by atoms with Gasteiger partial charge in [-0.15, -0.1) is 0 Å². The van der Waals surface area contributed by atoms with E-state index in [9.17, 15) is 5.11 Å². The zero-order valence-electron chi connectivity index (χ0n) is 12.6. The number of ether oxygens (including phenoxy) is 1. The van der Waals surface area contributed by atoms with Crippen LogP contribution in [0.4, 0.5) is 0 Å². The fourth-order valence-electron chi connectivity index (χ4n) is 4.14. The summed E-state index contributed by atoms with van der Waals surface area (Å²) in [6, 6.07) is 8.68. The summed E-state index contributed by atoms with van der Waals surface area (Å²) < 4.78 is 6.46. The monoisotopic (exact) mass is 274 g/mol. The molecule has 3 rings (SSSR count). The van der Waals surface area contributed by atoms with Gasteiger partial charge in [0.15, 0.2) is 0 Å². The van der Waals surface area contributed by atoms with E-state index in [0.717, 1.165) is 25.7 Å². The minimum absolute atomic E-state index is 0.00755. The predicted molar refractivity (Wildman–Crippen MR) is 80.6 cm³/mol. The van der Waals surface area contributed by atoms with Gasteiger partial charge in [0, 0.05) is 11.8 Å². The topological polar surface area (TPSA) is 29.5 Å². The number of aliphatic hydroxyl groups is 1. The summed E-state index contributed by atoms with van der Waals surface area (Å²) in [6.07, 6.45) is 6.60. The lowest BCUT2D eigenvalue weighted by atomic mass is 9.60. The van der Waals surface area contributed by atoms with Crippen LogP contribution in [0.1, 0.15) is 63.2 Å². The van der Waals surface area contributed by atoms with Crippen LogP contribution in [0.2, 0.25) is 0 Å². The summed E-state index contributed by atoms with van der Waals surface area (Å²) in [6.45, 7) is 4.36. The number of hydrogen-bond donors (Lipinski definition) is 1. The molecule has 1 fully saturated rings. The summed E-state index contributed by atoms with van der Waals surface area (Å²) in [7, 11) is 0. The van der Waals surface area contributed by atoms with Gasteiger partial charge in [-0.05, 0) is 43.2 Å². The number of benzene rings is 1. The van der Waals surface area contributed by atoms with E-state index in [-0.39, 0.29) is 23.7 Å². The molecule has 2 aliphatic carbocycles. The third kappa shape index (κ3) is 2.10. The van der Waals surface area contributed by atoms with Crippen LogP contribution in [0.15, 0.2) is 24.3 Å². The fourth-order valence-corrected chi connectivity index (χ4v) is 4.14. The van der Waals surface area contributed by atoms with Crippen LogP contribution in [0.25, 0.3) is 0 Å². The number of fused-ring (bicyclic) bond motifs is 1. The number of aliphatic hydroxyl groups excluding tert-OH is 1. The third-order valence-corrected chi connectivity index (χ3v) is 5.70. The van der Waals surface area contributed by atoms with Crippen molar-refractivity contribution >= 4 is 0 Å². The Kier molecular flexibility index (Phi) is 3.87. The minimum Gasteiger partial charge on any atom is -0.392 e. The lowest BCUT2D eigenvalue weighted by Crippen LogP contribution is -2.57. The van der Waals surface area contributed by atoms with Crippen molar-refractivity contribution in [3.8, 4) is 0 Å². The summed E-state index contributed by atoms with van der Waals surface area (Å²) >= 11 is 0. The molecule has 1 aromatic rings. The van der Waals surface area contributed by atoms with E-state index in [1.54, 1.807) is 0 Å². The molecule has 20 heavy (non-hydrogen) atoms. The molecule has 0 amide bonds. The van der Waals surface area contributed by atoms with E-state index >= 15 is 0 Å². The van der Waals surface area contributed by atoms with Crippen molar-refractivity contribution in [2.24, 2.45) is 5.41 Å². The van der Waals surface area contributed by atoms with E-state index in [2.05, 4.69) is 38.1 Å². The molecule has 2 heteroatoms. The average molecular weight is 274 g/mol. The normalized spacial score (nSPS) is 31.4. The van der Waals surface area contributed by atoms with Gasteiger partial charge in [0.25, 0.3) is 0 Å². The first-order chi connectivity index (χ1) is 9.71. The lowest BCUT2D eigenvalue weighted by molar-refractivity contribution is -0.216. The van der Waals surface area contributed by atoms with Crippen LogP contribution >= 0.6 is 0 Å². The Morgan fingerprint density at radius 1 is 1.25 bits per heavy atom. The van der Waals surface area contributed by atoms with Crippen molar-refractivity contribution in [1.82, 2.24) is 0 Å². The standard InChI is InChI=1S/C18H26O2/c1-3-18(4-2)16(19)12-17(18)20-15-11-7-9-13-8-5-6-10-14(13)15/h5-6,8,10,15-17,19H,3-4,7,9,11-12H2,1-2H3. The second-order valence-electron chi connectivity index (χ2n) is 6.40. The highest BCUT2D eigenvalue weighted by molar-refractivity contribution is 5.31. The van der Waals surface area contributed by atoms with Gasteiger partial charge in [0.05, 0.1) is 18.3 Å². The molecule has 0 heterocycles. The van der Waals surface area contributed by atoms with E-state index in [1.165, 1.54) is 24.0 Å². The van der Waals surface area contributed by atoms with Crippen molar-refractivity contribution in [3.63, 3.8) is 0 Å². The molecule has 110 valence electrons. The van der Waals surface area contributed by atoms with Crippen molar-refractivity contribution in [1.29, 1.82) is 0 Å². The molecule has 1 aromatic carbocycles. The molecule has 3 unspecified atom stereocenters. The molecule has 0 bridgehead atoms. The first-order valence-electron chi connectivity index (χ1n) is 8.12. The first kappa shape index (κ1) is 14.1. The number of rotatable bonds is 4. The summed E-state index contributed by atoms with van der Waals surface area (Å²) in [5, 5.41) is 10.2. The largest absolute Gasteiger partial charge is 0.392 e. The van der Waals surface area contributed by atoms with Crippen LogP contribution in [0.3, 0.4) is 0 Å². The lowest BCUT2D eigenvalue weighted by Gasteiger charge is -2.54. The summed E-state index contributed by atoms with van der Waals surface area (Å²) in [5.41, 5.74) is 2.82. The van der Waals surface area contributed by atoms with E-state index in [0.29, 0.717) is 0 Å². The van der Waals surface area contributed by atoms with Gasteiger partial charge in [-0.3, -0.25) is 0 Å². The fraction of sp³-hybridized carbons (Fsp3) is 0.667. The van der Waals surface area contributed by atoms with E-state index < -0.39 is 0 Å². The number of hydrogen-bond acceptors (Lipinski definition) is 2. The Morgan fingerprint density at radius 3 is 2.70 bits per heavy atom. The molecular formula is C18H26O2. The van der Waals surface area contributed by atoms with Crippen LogP contribution < -0.4 is 0 Å². The highest BCUT2D eigenvalue weighted by Crippen LogP contribution is 2.51. The first-order valence-corrected chi connectivity index (χ1v) is 8.12. The summed E-state index contributed by atoms with van der Waals surface area (Å²) in [5.74, 6) is 0. The Balaban J connectivity index is 1.77. The van der Waals surface area contributed by atoms with Crippen LogP contribution in [-0.4, -0.2) is 17.3 Å². The smallest absolute Gasteiger partial charge is 0.0831 e. The van der Waals surface area contributed by atoms with E-state index in [1.807, 2.05) is 0 Å². The second kappa shape index (κ2) is 5.50. The Hall–Kier alpha value is -0.860. The SMILES string of the molecule is CCC1(CC)C(O)CC1OC1CCCc2ccccc21. The van der Waals surface area contributed by atoms with Crippen molar-refractivity contribution in [3.05, 3.63) is 35.4 Å². The second-order valence-corrected chi connectivity index (χ2v) is 6.40. The predicted octanol–water partition coefficient (Wildman–Crippen LogP) is 4.02. The van der Waals surface area contributed by atoms with Crippen LogP contribution in [0, 0.1) is 5.41 Å². The maximum Gasteiger partial charge on any atom is 0.0831 e. The maximum atomic E-state index is 10.2. The van der Waals surface area contributed by atoms with E-state index in [4.69, 9.17) is 4.74 Å². The molecule has 3 atom stereocenters. The van der Waals surface area contributed by atoms with Crippen LogP contribution in [0.5, 0.6) is 0 Å². The highest BCUT2D eigenvalue weighted by Gasteiger charge is 2.53. The zero-order chi connectivity index (χ0) is 14.2. The maximum absolute atomic E-state index is 10.2. The molecule has 0 aromatic heterocycles. The minimum atomic E-state index is -0.179. The van der Waals surface area contributed by atoms with Crippen molar-refractivity contribution < 1.29 is 9.84 Å². The van der Waals surface area contributed by atoms with Crippen molar-refractivity contribution in [2.45, 2.75) is 70.7 Å². The van der Waals surface area contributed by atoms with Gasteiger partial charge in [0.2, 0.25) is 0 Å². The third-order valence-electron chi connectivity index (χ3n) is 5.70. The van der Waals surface area contributed by atoms with Gasteiger partial charge in [-0.25, -0.2) is 0 Å². The van der Waals surface area contributed by atoms with Gasteiger partial charge in [0.1, 0.15) is 0 Å². The van der Waals surface area contributed by atoms with Crippen molar-refractivity contribution in [2.75, 3.05) is 0 Å². The zero-order valence-corrected chi connectivity index (χ0v) is 12.6. The Bertz CT molecular complexity index is 464. The quantitative estimate of drug-likeness (QED) is 0.898. The Labute approximate surface area is 122 Å². The molecule has 0 spiro atoms. The molecular weight excluding hydrogens is 248 g/mol. The molecule has 0 aliphatic heterocycles. The van der Waals surface area contributed by atoms with Gasteiger partial charge in [-0.1, -0.05) is 38.1 Å². The molecule has 2 nitrogen and oxygen atoms in total. The molecule has 2 aliphatic rings. The summed E-state index contributed by atoms with van der Waals surface area (Å²) in [4.78, 5) is 0. The highest BCUT2D eigenvalue weighted by atomic mass is 16.5. The van der Waals surface area contributed by atoms with Crippen LogP contribution in [-0.2, 0) is 11.2 Å². The molecule has 1 N–H and O–H groups in total. The Morgan fingerprint density at radius 2 is 2.00 bits per heavy atom. The average Bonchev–Trinajstić information content (AvgIpc) is 2.48. The van der Waals surface area contributed by atoms with Gasteiger partial charge in [-0.2, -0.15) is 0 Å².